The minimum Gasteiger partial charge on any atom is -0.351 e. The van der Waals surface area contributed by atoms with Crippen molar-refractivity contribution in [1.82, 2.24) is 15.5 Å². The third kappa shape index (κ3) is 5.47. The first-order valence-corrected chi connectivity index (χ1v) is 9.21. The van der Waals surface area contributed by atoms with Crippen LogP contribution in [0.5, 0.6) is 0 Å². The topological polar surface area (TPSA) is 44.4 Å². The van der Waals surface area contributed by atoms with Crippen molar-refractivity contribution in [3.63, 3.8) is 0 Å². The number of rotatable bonds is 5. The first-order chi connectivity index (χ1) is 12.0. The molecule has 1 unspecified atom stereocenters. The average Bonchev–Trinajstić information content (AvgIpc) is 2.79. The third-order valence-electron chi connectivity index (χ3n) is 4.99. The van der Waals surface area contributed by atoms with Crippen molar-refractivity contribution in [3.05, 3.63) is 35.4 Å². The molecular formula is C19H27F2N3O. The Morgan fingerprint density at radius 2 is 1.92 bits per heavy atom. The smallest absolute Gasteiger partial charge is 0.262 e. The van der Waals surface area contributed by atoms with Gasteiger partial charge < -0.3 is 5.32 Å². The molecule has 2 heterocycles. The maximum Gasteiger partial charge on any atom is 0.262 e. The van der Waals surface area contributed by atoms with Crippen LogP contribution < -0.4 is 10.6 Å². The van der Waals surface area contributed by atoms with Crippen molar-refractivity contribution in [2.45, 2.75) is 57.2 Å². The summed E-state index contributed by atoms with van der Waals surface area (Å²) in [5.74, 6) is -3.13. The molecule has 0 radical (unpaired) electrons. The number of carbonyl (C=O) groups is 1. The van der Waals surface area contributed by atoms with Crippen molar-refractivity contribution < 1.29 is 13.6 Å². The quantitative estimate of drug-likeness (QED) is 0.857. The van der Waals surface area contributed by atoms with Crippen LogP contribution in [0, 0.1) is 0 Å². The van der Waals surface area contributed by atoms with Crippen LogP contribution in [0.2, 0.25) is 0 Å². The number of nitrogens with one attached hydrogen (secondary N) is 2. The Kier molecular flexibility index (Phi) is 6.02. The largest absolute Gasteiger partial charge is 0.351 e. The molecule has 3 rings (SSSR count). The fourth-order valence-electron chi connectivity index (χ4n) is 3.60. The monoisotopic (exact) mass is 351 g/mol. The molecule has 6 heteroatoms. The van der Waals surface area contributed by atoms with Gasteiger partial charge in [0.15, 0.2) is 0 Å². The van der Waals surface area contributed by atoms with Crippen molar-refractivity contribution in [2.24, 2.45) is 0 Å². The molecule has 0 aromatic heterocycles. The zero-order valence-corrected chi connectivity index (χ0v) is 14.6. The fourth-order valence-corrected chi connectivity index (χ4v) is 3.60. The van der Waals surface area contributed by atoms with E-state index in [4.69, 9.17) is 0 Å². The van der Waals surface area contributed by atoms with Gasteiger partial charge >= 0.3 is 0 Å². The Balaban J connectivity index is 1.50. The number of alkyl halides is 2. The number of hydrogen-bond acceptors (Lipinski definition) is 3. The minimum absolute atomic E-state index is 0.352. The third-order valence-corrected chi connectivity index (χ3v) is 4.99. The van der Waals surface area contributed by atoms with Gasteiger partial charge in [0, 0.05) is 19.5 Å². The van der Waals surface area contributed by atoms with Gasteiger partial charge in [-0.3, -0.25) is 15.0 Å². The van der Waals surface area contributed by atoms with Gasteiger partial charge in [-0.2, -0.15) is 0 Å². The van der Waals surface area contributed by atoms with Crippen molar-refractivity contribution in [3.8, 4) is 0 Å². The molecule has 2 aliphatic heterocycles. The Hall–Kier alpha value is -1.53. The molecule has 138 valence electrons. The summed E-state index contributed by atoms with van der Waals surface area (Å²) in [7, 11) is 0. The SMILES string of the molecule is O=C(NCc1cccc(CN2CCCCCC2)c1)C1CC(F)(F)CN1. The number of benzene rings is 1. The second-order valence-electron chi connectivity index (χ2n) is 7.22. The van der Waals surface area contributed by atoms with E-state index in [1.54, 1.807) is 0 Å². The standard InChI is InChI=1S/C19H27F2N3O/c20-19(21)11-17(23-14-19)18(25)22-12-15-6-5-7-16(10-15)13-24-8-3-1-2-4-9-24/h5-7,10,17,23H,1-4,8-9,11-14H2,(H,22,25). The number of carbonyl (C=O) groups excluding carboxylic acids is 1. The highest BCUT2D eigenvalue weighted by Crippen LogP contribution is 2.25. The molecule has 1 atom stereocenters. The van der Waals surface area contributed by atoms with Crippen molar-refractivity contribution in [1.29, 1.82) is 0 Å². The number of likely N-dealkylation sites (tertiary alicyclic amines) is 1. The first-order valence-electron chi connectivity index (χ1n) is 9.21. The highest BCUT2D eigenvalue weighted by Gasteiger charge is 2.42. The van der Waals surface area contributed by atoms with Gasteiger partial charge in [-0.15, -0.1) is 0 Å². The van der Waals surface area contributed by atoms with Crippen molar-refractivity contribution in [2.75, 3.05) is 19.6 Å². The average molecular weight is 351 g/mol. The molecule has 0 aliphatic carbocycles. The van der Waals surface area contributed by atoms with E-state index in [-0.39, 0.29) is 5.91 Å². The summed E-state index contributed by atoms with van der Waals surface area (Å²) in [5, 5.41) is 5.36. The first kappa shape index (κ1) is 18.3. The lowest BCUT2D eigenvalue weighted by Crippen LogP contribution is -2.40. The molecule has 2 aliphatic rings. The molecule has 1 aromatic carbocycles. The molecule has 1 amide bonds. The summed E-state index contributed by atoms with van der Waals surface area (Å²) in [5.41, 5.74) is 2.24. The lowest BCUT2D eigenvalue weighted by atomic mass is 10.1. The van der Waals surface area contributed by atoms with Crippen LogP contribution in [0.3, 0.4) is 0 Å². The predicted octanol–water partition coefficient (Wildman–Crippen LogP) is 2.68. The fraction of sp³-hybridized carbons (Fsp3) is 0.632. The molecular weight excluding hydrogens is 324 g/mol. The molecule has 1 aromatic rings. The van der Waals surface area contributed by atoms with Gasteiger partial charge in [-0.1, -0.05) is 37.1 Å². The Morgan fingerprint density at radius 3 is 2.60 bits per heavy atom. The molecule has 2 fully saturated rings. The van der Waals surface area contributed by atoms with E-state index in [9.17, 15) is 13.6 Å². The maximum atomic E-state index is 13.2. The van der Waals surface area contributed by atoms with E-state index in [2.05, 4.69) is 27.7 Å². The number of amides is 1. The summed E-state index contributed by atoms with van der Waals surface area (Å²) < 4.78 is 26.4. The van der Waals surface area contributed by atoms with Crippen LogP contribution in [0.25, 0.3) is 0 Å². The lowest BCUT2D eigenvalue weighted by Gasteiger charge is -2.20. The molecule has 25 heavy (non-hydrogen) atoms. The Bertz CT molecular complexity index is 586. The molecule has 4 nitrogen and oxygen atoms in total. The summed E-state index contributed by atoms with van der Waals surface area (Å²) in [6.45, 7) is 3.16. The Morgan fingerprint density at radius 1 is 1.20 bits per heavy atom. The number of halogens is 2. The zero-order valence-electron chi connectivity index (χ0n) is 14.6. The van der Waals surface area contributed by atoms with E-state index in [0.29, 0.717) is 6.54 Å². The van der Waals surface area contributed by atoms with Gasteiger partial charge in [0.25, 0.3) is 5.92 Å². The summed E-state index contributed by atoms with van der Waals surface area (Å²) in [6.07, 6.45) is 4.73. The zero-order chi connectivity index (χ0) is 17.7. The van der Waals surface area contributed by atoms with Gasteiger partial charge in [-0.05, 0) is 37.1 Å². The summed E-state index contributed by atoms with van der Waals surface area (Å²) in [4.78, 5) is 14.5. The van der Waals surface area contributed by atoms with E-state index in [1.165, 1.54) is 31.2 Å². The van der Waals surface area contributed by atoms with E-state index in [0.717, 1.165) is 25.2 Å². The summed E-state index contributed by atoms with van der Waals surface area (Å²) >= 11 is 0. The molecule has 2 N–H and O–H groups in total. The van der Waals surface area contributed by atoms with Crippen molar-refractivity contribution >= 4 is 5.91 Å². The van der Waals surface area contributed by atoms with Crippen LogP contribution in [0.15, 0.2) is 24.3 Å². The van der Waals surface area contributed by atoms with E-state index >= 15 is 0 Å². The van der Waals surface area contributed by atoms with Gasteiger partial charge in [0.2, 0.25) is 5.91 Å². The van der Waals surface area contributed by atoms with Crippen LogP contribution >= 0.6 is 0 Å². The molecule has 2 saturated heterocycles. The van der Waals surface area contributed by atoms with Crippen LogP contribution in [-0.4, -0.2) is 42.4 Å². The van der Waals surface area contributed by atoms with E-state index < -0.39 is 24.9 Å². The normalized spacial score (nSPS) is 24.0. The Labute approximate surface area is 148 Å². The van der Waals surface area contributed by atoms with Gasteiger partial charge in [0.05, 0.1) is 12.6 Å². The number of hydrogen-bond donors (Lipinski definition) is 2. The van der Waals surface area contributed by atoms with E-state index in [1.807, 2.05) is 12.1 Å². The highest BCUT2D eigenvalue weighted by atomic mass is 19.3. The second kappa shape index (κ2) is 8.23. The highest BCUT2D eigenvalue weighted by molar-refractivity contribution is 5.82. The predicted molar refractivity (Wildman–Crippen MR) is 93.4 cm³/mol. The lowest BCUT2D eigenvalue weighted by molar-refractivity contribution is -0.123. The second-order valence-corrected chi connectivity index (χ2v) is 7.22. The van der Waals surface area contributed by atoms with Crippen LogP contribution in [-0.2, 0) is 17.9 Å². The molecule has 0 bridgehead atoms. The molecule has 0 spiro atoms. The molecule has 0 saturated carbocycles. The van der Waals surface area contributed by atoms with Crippen LogP contribution in [0.4, 0.5) is 8.78 Å². The maximum absolute atomic E-state index is 13.2. The van der Waals surface area contributed by atoms with Gasteiger partial charge in [0.1, 0.15) is 0 Å². The van der Waals surface area contributed by atoms with Gasteiger partial charge in [-0.25, -0.2) is 8.78 Å². The number of nitrogens with zero attached hydrogens (tertiary/aromatic N) is 1. The van der Waals surface area contributed by atoms with Crippen LogP contribution in [0.1, 0.15) is 43.2 Å². The minimum atomic E-state index is -2.78. The summed E-state index contributed by atoms with van der Waals surface area (Å²) in [6, 6.07) is 7.37.